The quantitative estimate of drug-likeness (QED) is 0.523. The molecule has 0 aliphatic heterocycles. The van der Waals surface area contributed by atoms with Crippen LogP contribution in [0.4, 0.5) is 0 Å². The summed E-state index contributed by atoms with van der Waals surface area (Å²) in [4.78, 5) is 5.07. The maximum atomic E-state index is 5.07. The lowest BCUT2D eigenvalue weighted by Gasteiger charge is -2.44. The number of aliphatic imine (C=N–C) groups is 1. The summed E-state index contributed by atoms with van der Waals surface area (Å²) in [6.07, 6.45) is 13.3. The zero-order valence-electron chi connectivity index (χ0n) is 12.8. The van der Waals surface area contributed by atoms with E-state index in [1.54, 1.807) is 0 Å². The standard InChI is InChI=1S/C20H25N/c1-2-7-15(8-3-1)14-21-20-17-10-6-12-19(20)18-11-5-4-9-16(18)13-17/h1-3,7-8,14,17,19-20H,4-6,9-13H2/t17-,19-,20-/m0/s1. The first-order chi connectivity index (χ1) is 10.4. The monoisotopic (exact) mass is 279 g/mol. The second-order valence-corrected chi connectivity index (χ2v) is 7.02. The van der Waals surface area contributed by atoms with E-state index >= 15 is 0 Å². The van der Waals surface area contributed by atoms with Crippen LogP contribution in [0.15, 0.2) is 46.5 Å². The van der Waals surface area contributed by atoms with Gasteiger partial charge < -0.3 is 0 Å². The molecule has 1 saturated carbocycles. The van der Waals surface area contributed by atoms with Crippen molar-refractivity contribution in [1.82, 2.24) is 0 Å². The molecule has 4 rings (SSSR count). The molecule has 3 aliphatic carbocycles. The van der Waals surface area contributed by atoms with E-state index < -0.39 is 0 Å². The number of fused-ring (bicyclic) bond motifs is 3. The fraction of sp³-hybridized carbons (Fsp3) is 0.550. The summed E-state index contributed by atoms with van der Waals surface area (Å²) in [6, 6.07) is 11.2. The minimum absolute atomic E-state index is 0.566. The molecule has 1 aromatic rings. The summed E-state index contributed by atoms with van der Waals surface area (Å²) in [7, 11) is 0. The van der Waals surface area contributed by atoms with Crippen LogP contribution in [-0.4, -0.2) is 12.3 Å². The molecule has 1 heteroatoms. The third-order valence-electron chi connectivity index (χ3n) is 5.77. The minimum atomic E-state index is 0.566. The lowest BCUT2D eigenvalue weighted by molar-refractivity contribution is 0.215. The molecule has 21 heavy (non-hydrogen) atoms. The Labute approximate surface area is 128 Å². The molecule has 3 atom stereocenters. The molecular formula is C20H25N. The number of hydrogen-bond donors (Lipinski definition) is 0. The largest absolute Gasteiger partial charge is 0.288 e. The Balaban J connectivity index is 1.60. The SMILES string of the molecule is C(=N[C@H]1[C@H]2CCC[C@H]1C1=C(CCCC1)C2)c1ccccc1. The van der Waals surface area contributed by atoms with Gasteiger partial charge in [0.2, 0.25) is 0 Å². The fourth-order valence-electron chi connectivity index (χ4n) is 4.80. The van der Waals surface area contributed by atoms with E-state index in [4.69, 9.17) is 4.99 Å². The van der Waals surface area contributed by atoms with Gasteiger partial charge in [-0.15, -0.1) is 0 Å². The fourth-order valence-corrected chi connectivity index (χ4v) is 4.80. The Hall–Kier alpha value is -1.37. The second-order valence-electron chi connectivity index (χ2n) is 7.02. The van der Waals surface area contributed by atoms with E-state index in [1.165, 1.54) is 56.9 Å². The van der Waals surface area contributed by atoms with Crippen LogP contribution in [0.25, 0.3) is 0 Å². The maximum Gasteiger partial charge on any atom is 0.0596 e. The molecule has 0 heterocycles. The van der Waals surface area contributed by atoms with Crippen LogP contribution in [-0.2, 0) is 0 Å². The smallest absolute Gasteiger partial charge is 0.0596 e. The molecule has 1 aromatic carbocycles. The average Bonchev–Trinajstić information content (AvgIpc) is 2.54. The molecule has 0 radical (unpaired) electrons. The lowest BCUT2D eigenvalue weighted by atomic mass is 9.63. The van der Waals surface area contributed by atoms with Gasteiger partial charge in [-0.1, -0.05) is 47.9 Å². The molecule has 0 amide bonds. The highest BCUT2D eigenvalue weighted by Gasteiger charge is 2.40. The van der Waals surface area contributed by atoms with Gasteiger partial charge in [-0.3, -0.25) is 4.99 Å². The number of rotatable bonds is 2. The highest BCUT2D eigenvalue weighted by molar-refractivity contribution is 5.79. The first-order valence-electron chi connectivity index (χ1n) is 8.71. The maximum absolute atomic E-state index is 5.07. The summed E-state index contributed by atoms with van der Waals surface area (Å²) >= 11 is 0. The van der Waals surface area contributed by atoms with Gasteiger partial charge in [0.15, 0.2) is 0 Å². The van der Waals surface area contributed by atoms with E-state index in [2.05, 4.69) is 36.5 Å². The van der Waals surface area contributed by atoms with Crippen molar-refractivity contribution in [1.29, 1.82) is 0 Å². The van der Waals surface area contributed by atoms with Crippen LogP contribution in [0.5, 0.6) is 0 Å². The molecule has 110 valence electrons. The van der Waals surface area contributed by atoms with Crippen molar-refractivity contribution in [3.63, 3.8) is 0 Å². The topological polar surface area (TPSA) is 12.4 Å². The number of benzene rings is 1. The number of nitrogens with zero attached hydrogens (tertiary/aromatic N) is 1. The van der Waals surface area contributed by atoms with Gasteiger partial charge in [0, 0.05) is 12.1 Å². The predicted octanol–water partition coefficient (Wildman–Crippen LogP) is 5.16. The van der Waals surface area contributed by atoms with Gasteiger partial charge in [-0.05, 0) is 56.4 Å². The van der Waals surface area contributed by atoms with Crippen molar-refractivity contribution in [2.45, 2.75) is 57.4 Å². The Morgan fingerprint density at radius 3 is 2.71 bits per heavy atom. The minimum Gasteiger partial charge on any atom is -0.288 e. The Morgan fingerprint density at radius 1 is 0.952 bits per heavy atom. The highest BCUT2D eigenvalue weighted by Crippen LogP contribution is 2.49. The zero-order valence-corrected chi connectivity index (χ0v) is 12.8. The van der Waals surface area contributed by atoms with Gasteiger partial charge in [0.1, 0.15) is 0 Å². The van der Waals surface area contributed by atoms with Crippen molar-refractivity contribution >= 4 is 6.21 Å². The lowest BCUT2D eigenvalue weighted by Crippen LogP contribution is -2.38. The molecule has 0 unspecified atom stereocenters. The van der Waals surface area contributed by atoms with Crippen molar-refractivity contribution in [2.75, 3.05) is 0 Å². The third kappa shape index (κ3) is 2.59. The van der Waals surface area contributed by atoms with Crippen molar-refractivity contribution in [3.8, 4) is 0 Å². The molecular weight excluding hydrogens is 254 g/mol. The normalized spacial score (nSPS) is 32.3. The Kier molecular flexibility index (Phi) is 3.67. The third-order valence-corrected chi connectivity index (χ3v) is 5.77. The van der Waals surface area contributed by atoms with Gasteiger partial charge in [0.25, 0.3) is 0 Å². The van der Waals surface area contributed by atoms with Crippen LogP contribution in [0.1, 0.15) is 56.9 Å². The Morgan fingerprint density at radius 2 is 1.81 bits per heavy atom. The zero-order chi connectivity index (χ0) is 14.1. The summed E-state index contributed by atoms with van der Waals surface area (Å²) in [5, 5.41) is 0. The predicted molar refractivity (Wildman–Crippen MR) is 88.8 cm³/mol. The summed E-state index contributed by atoms with van der Waals surface area (Å²) in [5.41, 5.74) is 4.91. The van der Waals surface area contributed by atoms with Crippen LogP contribution < -0.4 is 0 Å². The molecule has 0 saturated heterocycles. The Bertz CT molecular complexity index is 554. The molecule has 1 nitrogen and oxygen atoms in total. The number of allylic oxidation sites excluding steroid dienone is 1. The van der Waals surface area contributed by atoms with E-state index in [-0.39, 0.29) is 0 Å². The second kappa shape index (κ2) is 5.79. The summed E-state index contributed by atoms with van der Waals surface area (Å²) < 4.78 is 0. The van der Waals surface area contributed by atoms with Crippen LogP contribution in [0, 0.1) is 11.8 Å². The molecule has 0 spiro atoms. The molecule has 3 aliphatic rings. The molecule has 2 bridgehead atoms. The first-order valence-corrected chi connectivity index (χ1v) is 8.71. The van der Waals surface area contributed by atoms with Gasteiger partial charge in [-0.25, -0.2) is 0 Å². The van der Waals surface area contributed by atoms with E-state index in [0.29, 0.717) is 6.04 Å². The van der Waals surface area contributed by atoms with Crippen LogP contribution >= 0.6 is 0 Å². The van der Waals surface area contributed by atoms with Crippen molar-refractivity contribution < 1.29 is 0 Å². The molecule has 0 N–H and O–H groups in total. The highest BCUT2D eigenvalue weighted by atomic mass is 14.8. The van der Waals surface area contributed by atoms with Crippen LogP contribution in [0.3, 0.4) is 0 Å². The molecule has 1 fully saturated rings. The molecule has 0 aromatic heterocycles. The summed E-state index contributed by atoms with van der Waals surface area (Å²) in [5.74, 6) is 1.59. The van der Waals surface area contributed by atoms with Gasteiger partial charge in [0.05, 0.1) is 6.04 Å². The van der Waals surface area contributed by atoms with Crippen molar-refractivity contribution in [3.05, 3.63) is 47.0 Å². The van der Waals surface area contributed by atoms with E-state index in [0.717, 1.165) is 11.8 Å². The van der Waals surface area contributed by atoms with E-state index in [9.17, 15) is 0 Å². The van der Waals surface area contributed by atoms with Gasteiger partial charge >= 0.3 is 0 Å². The average molecular weight is 279 g/mol. The van der Waals surface area contributed by atoms with Gasteiger partial charge in [-0.2, -0.15) is 0 Å². The number of hydrogen-bond acceptors (Lipinski definition) is 1. The van der Waals surface area contributed by atoms with Crippen molar-refractivity contribution in [2.24, 2.45) is 16.8 Å². The summed E-state index contributed by atoms with van der Waals surface area (Å²) in [6.45, 7) is 0. The first kappa shape index (κ1) is 13.3. The van der Waals surface area contributed by atoms with E-state index in [1.807, 2.05) is 11.1 Å². The van der Waals surface area contributed by atoms with Crippen LogP contribution in [0.2, 0.25) is 0 Å².